The Labute approximate surface area is 163 Å². The molecule has 4 nitrogen and oxygen atoms in total. The average Bonchev–Trinajstić information content (AvgIpc) is 2.65. The summed E-state index contributed by atoms with van der Waals surface area (Å²) in [4.78, 5) is 2.52. The van der Waals surface area contributed by atoms with E-state index in [1.54, 1.807) is 0 Å². The fraction of sp³-hybridized carbons (Fsp3) is 0.478. The van der Waals surface area contributed by atoms with Crippen molar-refractivity contribution in [2.45, 2.75) is 20.3 Å². The molecule has 1 saturated heterocycles. The van der Waals surface area contributed by atoms with Gasteiger partial charge < -0.3 is 19.1 Å². The molecule has 0 bridgehead atoms. The zero-order valence-electron chi connectivity index (χ0n) is 16.5. The second-order valence-corrected chi connectivity index (χ2v) is 7.56. The molecule has 0 saturated carbocycles. The van der Waals surface area contributed by atoms with Crippen molar-refractivity contribution in [3.63, 3.8) is 0 Å². The maximum absolute atomic E-state index is 5.83. The third kappa shape index (κ3) is 6.89. The van der Waals surface area contributed by atoms with E-state index in [2.05, 4.69) is 18.7 Å². The summed E-state index contributed by atoms with van der Waals surface area (Å²) in [6.45, 7) is 9.98. The van der Waals surface area contributed by atoms with Gasteiger partial charge in [-0.3, -0.25) is 0 Å². The number of piperidine rings is 1. The zero-order chi connectivity index (χ0) is 18.9. The summed E-state index contributed by atoms with van der Waals surface area (Å²) in [5.41, 5.74) is 0. The van der Waals surface area contributed by atoms with E-state index < -0.39 is 0 Å². The molecule has 0 amide bonds. The Kier molecular flexibility index (Phi) is 7.55. The van der Waals surface area contributed by atoms with Gasteiger partial charge in [-0.2, -0.15) is 0 Å². The molecule has 2 aromatic rings. The summed E-state index contributed by atoms with van der Waals surface area (Å²) in [6, 6.07) is 17.5. The van der Waals surface area contributed by atoms with Gasteiger partial charge in [0.25, 0.3) is 0 Å². The predicted molar refractivity (Wildman–Crippen MR) is 109 cm³/mol. The fourth-order valence-corrected chi connectivity index (χ4v) is 3.74. The Morgan fingerprint density at radius 3 is 2.30 bits per heavy atom. The van der Waals surface area contributed by atoms with Crippen molar-refractivity contribution in [1.29, 1.82) is 0 Å². The smallest absolute Gasteiger partial charge is 0.131 e. The molecule has 27 heavy (non-hydrogen) atoms. The van der Waals surface area contributed by atoms with Gasteiger partial charge in [0.2, 0.25) is 0 Å². The summed E-state index contributed by atoms with van der Waals surface area (Å²) in [7, 11) is 0. The molecule has 0 aromatic heterocycles. The van der Waals surface area contributed by atoms with Gasteiger partial charge in [-0.15, -0.1) is 0 Å². The zero-order valence-corrected chi connectivity index (χ0v) is 16.5. The van der Waals surface area contributed by atoms with Crippen LogP contribution in [0.3, 0.4) is 0 Å². The van der Waals surface area contributed by atoms with Crippen LogP contribution in [0.2, 0.25) is 0 Å². The maximum Gasteiger partial charge on any atom is 0.131 e. The Morgan fingerprint density at radius 1 is 0.815 bits per heavy atom. The lowest BCUT2D eigenvalue weighted by Crippen LogP contribution is -2.40. The maximum atomic E-state index is 5.83. The highest BCUT2D eigenvalue weighted by Gasteiger charge is 2.21. The third-order valence-corrected chi connectivity index (χ3v) is 4.78. The predicted octanol–water partition coefficient (Wildman–Crippen LogP) is 4.85. The minimum atomic E-state index is 0.543. The molecule has 0 unspecified atom stereocenters. The fourth-order valence-electron chi connectivity index (χ4n) is 3.74. The normalized spacial score (nSPS) is 20.4. The largest absolute Gasteiger partial charge is 0.491 e. The van der Waals surface area contributed by atoms with E-state index in [1.165, 1.54) is 19.5 Å². The molecule has 2 aromatic carbocycles. The number of likely N-dealkylation sites (tertiary alicyclic amines) is 1. The van der Waals surface area contributed by atoms with Crippen LogP contribution in [-0.4, -0.2) is 44.4 Å². The summed E-state index contributed by atoms with van der Waals surface area (Å²) in [5, 5.41) is 0. The average molecular weight is 370 g/mol. The monoisotopic (exact) mass is 369 g/mol. The van der Waals surface area contributed by atoms with Crippen molar-refractivity contribution in [1.82, 2.24) is 4.90 Å². The van der Waals surface area contributed by atoms with Gasteiger partial charge in [0, 0.05) is 25.7 Å². The number of para-hydroxylation sites is 1. The van der Waals surface area contributed by atoms with Crippen LogP contribution in [0.5, 0.6) is 17.2 Å². The lowest BCUT2D eigenvalue weighted by atomic mass is 9.92. The van der Waals surface area contributed by atoms with Crippen LogP contribution in [-0.2, 0) is 4.74 Å². The van der Waals surface area contributed by atoms with Crippen LogP contribution in [0.15, 0.2) is 54.6 Å². The van der Waals surface area contributed by atoms with E-state index in [0.717, 1.165) is 42.2 Å². The highest BCUT2D eigenvalue weighted by molar-refractivity contribution is 5.36. The molecule has 0 spiro atoms. The molecule has 0 N–H and O–H groups in total. The topological polar surface area (TPSA) is 30.9 Å². The first-order valence-electron chi connectivity index (χ1n) is 9.95. The molecular formula is C23H31NO3. The second kappa shape index (κ2) is 10.3. The molecule has 1 fully saturated rings. The molecular weight excluding hydrogens is 338 g/mol. The molecule has 0 radical (unpaired) electrons. The van der Waals surface area contributed by atoms with Crippen LogP contribution in [0.1, 0.15) is 20.3 Å². The third-order valence-electron chi connectivity index (χ3n) is 4.78. The Hall–Kier alpha value is -2.04. The number of rotatable bonds is 9. The summed E-state index contributed by atoms with van der Waals surface area (Å²) < 4.78 is 17.4. The van der Waals surface area contributed by atoms with E-state index in [4.69, 9.17) is 14.2 Å². The Balaban J connectivity index is 1.33. The summed E-state index contributed by atoms with van der Waals surface area (Å²) in [6.07, 6.45) is 1.35. The van der Waals surface area contributed by atoms with Crippen molar-refractivity contribution < 1.29 is 14.2 Å². The van der Waals surface area contributed by atoms with Gasteiger partial charge in [-0.25, -0.2) is 0 Å². The van der Waals surface area contributed by atoms with Crippen molar-refractivity contribution in [2.75, 3.05) is 39.5 Å². The standard InChI is InChI=1S/C23H31NO3/c1-19-15-20(2)18-24(17-19)11-12-25-13-14-26-22-9-6-10-23(16-22)27-21-7-4-3-5-8-21/h3-10,16,19-20H,11-15,17-18H2,1-2H3/t19-,20+. The van der Waals surface area contributed by atoms with E-state index in [1.807, 2.05) is 54.6 Å². The van der Waals surface area contributed by atoms with E-state index in [9.17, 15) is 0 Å². The number of benzene rings is 2. The lowest BCUT2D eigenvalue weighted by Gasteiger charge is -2.34. The van der Waals surface area contributed by atoms with Gasteiger partial charge in [0.1, 0.15) is 23.9 Å². The van der Waals surface area contributed by atoms with Crippen molar-refractivity contribution in [3.8, 4) is 17.2 Å². The number of hydrogen-bond donors (Lipinski definition) is 0. The minimum Gasteiger partial charge on any atom is -0.491 e. The Bertz CT molecular complexity index is 666. The van der Waals surface area contributed by atoms with Crippen LogP contribution < -0.4 is 9.47 Å². The Morgan fingerprint density at radius 2 is 1.52 bits per heavy atom. The number of hydrogen-bond acceptors (Lipinski definition) is 4. The van der Waals surface area contributed by atoms with Crippen LogP contribution in [0.4, 0.5) is 0 Å². The van der Waals surface area contributed by atoms with Gasteiger partial charge >= 0.3 is 0 Å². The lowest BCUT2D eigenvalue weighted by molar-refractivity contribution is 0.0595. The summed E-state index contributed by atoms with van der Waals surface area (Å²) in [5.74, 6) is 3.97. The first-order chi connectivity index (χ1) is 13.2. The highest BCUT2D eigenvalue weighted by atomic mass is 16.5. The van der Waals surface area contributed by atoms with Gasteiger partial charge in [-0.05, 0) is 42.5 Å². The molecule has 3 rings (SSSR count). The first-order valence-corrected chi connectivity index (χ1v) is 9.95. The quantitative estimate of drug-likeness (QED) is 0.591. The van der Waals surface area contributed by atoms with E-state index >= 15 is 0 Å². The van der Waals surface area contributed by atoms with E-state index in [-0.39, 0.29) is 0 Å². The second-order valence-electron chi connectivity index (χ2n) is 7.56. The SMILES string of the molecule is C[C@@H]1C[C@H](C)CN(CCOCCOc2cccc(Oc3ccccc3)c2)C1. The molecule has 1 aliphatic heterocycles. The van der Waals surface area contributed by atoms with Gasteiger partial charge in [0.15, 0.2) is 0 Å². The highest BCUT2D eigenvalue weighted by Crippen LogP contribution is 2.25. The van der Waals surface area contributed by atoms with Crippen LogP contribution in [0.25, 0.3) is 0 Å². The minimum absolute atomic E-state index is 0.543. The van der Waals surface area contributed by atoms with Crippen LogP contribution >= 0.6 is 0 Å². The summed E-state index contributed by atoms with van der Waals surface area (Å²) >= 11 is 0. The van der Waals surface area contributed by atoms with Crippen LogP contribution in [0, 0.1) is 11.8 Å². The first kappa shape index (κ1) is 19.7. The van der Waals surface area contributed by atoms with Crippen molar-refractivity contribution in [3.05, 3.63) is 54.6 Å². The van der Waals surface area contributed by atoms with Crippen molar-refractivity contribution in [2.24, 2.45) is 11.8 Å². The van der Waals surface area contributed by atoms with E-state index in [0.29, 0.717) is 13.2 Å². The molecule has 1 aliphatic rings. The molecule has 146 valence electrons. The number of ether oxygens (including phenoxy) is 3. The number of nitrogens with zero attached hydrogens (tertiary/aromatic N) is 1. The molecule has 2 atom stereocenters. The van der Waals surface area contributed by atoms with Gasteiger partial charge in [0.05, 0.1) is 13.2 Å². The van der Waals surface area contributed by atoms with Crippen molar-refractivity contribution >= 4 is 0 Å². The molecule has 1 heterocycles. The van der Waals surface area contributed by atoms with Gasteiger partial charge in [-0.1, -0.05) is 38.1 Å². The molecule has 4 heteroatoms. The molecule has 0 aliphatic carbocycles.